The lowest BCUT2D eigenvalue weighted by Crippen LogP contribution is -1.90. The molecular weight excluding hydrogens is 272 g/mol. The minimum atomic E-state index is 0.669. The van der Waals surface area contributed by atoms with Crippen molar-refractivity contribution in [2.45, 2.75) is 18.9 Å². The minimum Gasteiger partial charge on any atom is -0.327 e. The van der Waals surface area contributed by atoms with Crippen LogP contribution in [0.3, 0.4) is 0 Å². The van der Waals surface area contributed by atoms with Gasteiger partial charge in [0.25, 0.3) is 0 Å². The van der Waals surface area contributed by atoms with Gasteiger partial charge in [-0.15, -0.1) is 0 Å². The number of hydrogen-bond acceptors (Lipinski definition) is 2. The van der Waals surface area contributed by atoms with Crippen LogP contribution in [0.1, 0.15) is 18.9 Å². The van der Waals surface area contributed by atoms with Gasteiger partial charge in [0.05, 0.1) is 29.1 Å². The van der Waals surface area contributed by atoms with Crippen LogP contribution in [-0.2, 0) is 7.05 Å². The Morgan fingerprint density at radius 2 is 1.77 bits per heavy atom. The monoisotopic (exact) mass is 288 g/mol. The second kappa shape index (κ2) is 4.19. The molecule has 0 spiro atoms. The Morgan fingerprint density at radius 1 is 1.00 bits per heavy atom. The van der Waals surface area contributed by atoms with E-state index in [2.05, 4.69) is 51.0 Å². The van der Waals surface area contributed by atoms with Gasteiger partial charge in [-0.05, 0) is 48.2 Å². The second-order valence-corrected chi connectivity index (χ2v) is 6.13. The van der Waals surface area contributed by atoms with Gasteiger partial charge in [0.15, 0.2) is 0 Å². The van der Waals surface area contributed by atoms with Gasteiger partial charge >= 0.3 is 0 Å². The summed E-state index contributed by atoms with van der Waals surface area (Å²) in [7, 11) is 1.97. The summed E-state index contributed by atoms with van der Waals surface area (Å²) >= 11 is 0. The minimum absolute atomic E-state index is 0.669. The number of imidazole rings is 1. The van der Waals surface area contributed by atoms with Crippen molar-refractivity contribution in [3.8, 4) is 11.1 Å². The van der Waals surface area contributed by atoms with Crippen LogP contribution in [0.2, 0.25) is 0 Å². The van der Waals surface area contributed by atoms with Gasteiger partial charge < -0.3 is 4.57 Å². The van der Waals surface area contributed by atoms with Crippen molar-refractivity contribution in [3.63, 3.8) is 0 Å². The third-order valence-electron chi connectivity index (χ3n) is 4.59. The van der Waals surface area contributed by atoms with Crippen molar-refractivity contribution >= 4 is 21.9 Å². The van der Waals surface area contributed by atoms with Gasteiger partial charge in [-0.2, -0.15) is 5.10 Å². The molecule has 108 valence electrons. The second-order valence-electron chi connectivity index (χ2n) is 6.13. The molecule has 0 unspecified atom stereocenters. The fraction of sp³-hybridized carbons (Fsp3) is 0.222. The molecule has 0 atom stereocenters. The van der Waals surface area contributed by atoms with E-state index in [1.165, 1.54) is 34.9 Å². The number of fused-ring (bicyclic) bond motifs is 2. The summed E-state index contributed by atoms with van der Waals surface area (Å²) in [6.45, 7) is 0. The Balaban J connectivity index is 1.64. The van der Waals surface area contributed by atoms with Crippen molar-refractivity contribution in [2.24, 2.45) is 7.05 Å². The maximum absolute atomic E-state index is 4.58. The van der Waals surface area contributed by atoms with Crippen LogP contribution >= 0.6 is 0 Å². The summed E-state index contributed by atoms with van der Waals surface area (Å²) in [6, 6.07) is 13.7. The highest BCUT2D eigenvalue weighted by Gasteiger charge is 2.24. The molecule has 2 heterocycles. The first-order chi connectivity index (χ1) is 10.8. The van der Waals surface area contributed by atoms with E-state index >= 15 is 0 Å². The molecule has 4 nitrogen and oxygen atoms in total. The first-order valence-electron chi connectivity index (χ1n) is 7.68. The predicted molar refractivity (Wildman–Crippen MR) is 87.7 cm³/mol. The molecule has 4 aromatic rings. The highest BCUT2D eigenvalue weighted by Crippen LogP contribution is 2.37. The maximum Gasteiger partial charge on any atom is 0.0960 e. The lowest BCUT2D eigenvalue weighted by molar-refractivity contribution is 0.766. The number of aryl methyl sites for hydroxylation is 1. The first-order valence-corrected chi connectivity index (χ1v) is 7.68. The average Bonchev–Trinajstić information content (AvgIpc) is 3.20. The van der Waals surface area contributed by atoms with E-state index in [0.29, 0.717) is 6.04 Å². The molecule has 1 aliphatic rings. The fourth-order valence-corrected chi connectivity index (χ4v) is 3.20. The SMILES string of the molecule is Cn1ncc2cc(-c3ccc4c(c3)ncn4C3CC3)ccc21. The molecule has 0 radical (unpaired) electrons. The van der Waals surface area contributed by atoms with Crippen LogP contribution < -0.4 is 0 Å². The standard InChI is InChI=1S/C18H16N4/c1-21-17-6-2-12(8-14(17)10-20-21)13-3-7-18-16(9-13)19-11-22(18)15-4-5-15/h2-3,6-11,15H,4-5H2,1H3. The van der Waals surface area contributed by atoms with Crippen molar-refractivity contribution in [1.82, 2.24) is 19.3 Å². The highest BCUT2D eigenvalue weighted by molar-refractivity contribution is 5.87. The molecule has 2 aromatic carbocycles. The third kappa shape index (κ3) is 1.70. The summed E-state index contributed by atoms with van der Waals surface area (Å²) in [5.74, 6) is 0. The zero-order valence-corrected chi connectivity index (χ0v) is 12.4. The number of rotatable bonds is 2. The van der Waals surface area contributed by atoms with Gasteiger partial charge in [0, 0.05) is 18.5 Å². The predicted octanol–water partition coefficient (Wildman–Crippen LogP) is 3.92. The quantitative estimate of drug-likeness (QED) is 0.560. The average molecular weight is 288 g/mol. The van der Waals surface area contributed by atoms with E-state index in [-0.39, 0.29) is 0 Å². The van der Waals surface area contributed by atoms with Crippen molar-refractivity contribution < 1.29 is 0 Å². The normalized spacial score (nSPS) is 15.0. The molecule has 0 amide bonds. The highest BCUT2D eigenvalue weighted by atomic mass is 15.2. The lowest BCUT2D eigenvalue weighted by atomic mass is 10.0. The van der Waals surface area contributed by atoms with E-state index < -0.39 is 0 Å². The first kappa shape index (κ1) is 12.0. The van der Waals surface area contributed by atoms with E-state index in [1.807, 2.05) is 24.3 Å². The van der Waals surface area contributed by atoms with E-state index in [9.17, 15) is 0 Å². The molecule has 4 heteroatoms. The van der Waals surface area contributed by atoms with E-state index in [4.69, 9.17) is 0 Å². The summed E-state index contributed by atoms with van der Waals surface area (Å²) in [6.07, 6.45) is 6.46. The van der Waals surface area contributed by atoms with Gasteiger partial charge in [0.1, 0.15) is 0 Å². The Kier molecular flexibility index (Phi) is 2.28. The Hall–Kier alpha value is -2.62. The van der Waals surface area contributed by atoms with Crippen molar-refractivity contribution in [2.75, 3.05) is 0 Å². The van der Waals surface area contributed by atoms with E-state index in [1.54, 1.807) is 0 Å². The Labute approximate surface area is 128 Å². The molecule has 2 aromatic heterocycles. The molecule has 1 fully saturated rings. The Morgan fingerprint density at radius 3 is 2.59 bits per heavy atom. The van der Waals surface area contributed by atoms with Gasteiger partial charge in [-0.25, -0.2) is 4.98 Å². The molecule has 22 heavy (non-hydrogen) atoms. The smallest absolute Gasteiger partial charge is 0.0960 e. The van der Waals surface area contributed by atoms with Gasteiger partial charge in [-0.3, -0.25) is 4.68 Å². The van der Waals surface area contributed by atoms with Crippen LogP contribution in [0.15, 0.2) is 48.9 Å². The molecule has 1 saturated carbocycles. The van der Waals surface area contributed by atoms with Crippen LogP contribution in [0.25, 0.3) is 33.1 Å². The lowest BCUT2D eigenvalue weighted by Gasteiger charge is -2.04. The molecule has 0 saturated heterocycles. The zero-order valence-electron chi connectivity index (χ0n) is 12.4. The maximum atomic E-state index is 4.58. The van der Waals surface area contributed by atoms with Gasteiger partial charge in [-0.1, -0.05) is 12.1 Å². The molecule has 0 bridgehead atoms. The summed E-state index contributed by atoms with van der Waals surface area (Å²) in [5.41, 5.74) is 5.90. The van der Waals surface area contributed by atoms with Crippen molar-refractivity contribution in [3.05, 3.63) is 48.9 Å². The fourth-order valence-electron chi connectivity index (χ4n) is 3.20. The van der Waals surface area contributed by atoms with Crippen molar-refractivity contribution in [1.29, 1.82) is 0 Å². The summed E-state index contributed by atoms with van der Waals surface area (Å²) in [5, 5.41) is 5.48. The Bertz CT molecular complexity index is 1000. The van der Waals surface area contributed by atoms with Crippen LogP contribution in [0.4, 0.5) is 0 Å². The molecule has 0 aliphatic heterocycles. The van der Waals surface area contributed by atoms with Gasteiger partial charge in [0.2, 0.25) is 0 Å². The number of aromatic nitrogens is 4. The van der Waals surface area contributed by atoms with Crippen LogP contribution in [-0.4, -0.2) is 19.3 Å². The topological polar surface area (TPSA) is 35.6 Å². The largest absolute Gasteiger partial charge is 0.327 e. The van der Waals surface area contributed by atoms with Crippen LogP contribution in [0.5, 0.6) is 0 Å². The molecular formula is C18H16N4. The molecule has 1 aliphatic carbocycles. The number of hydrogen-bond donors (Lipinski definition) is 0. The van der Waals surface area contributed by atoms with Crippen LogP contribution in [0, 0.1) is 0 Å². The number of benzene rings is 2. The van der Waals surface area contributed by atoms with E-state index in [0.717, 1.165) is 11.0 Å². The molecule has 0 N–H and O–H groups in total. The summed E-state index contributed by atoms with van der Waals surface area (Å²) in [4.78, 5) is 4.58. The zero-order chi connectivity index (χ0) is 14.7. The molecule has 5 rings (SSSR count). The third-order valence-corrected chi connectivity index (χ3v) is 4.59. The summed E-state index contributed by atoms with van der Waals surface area (Å²) < 4.78 is 4.21. The number of nitrogens with zero attached hydrogens (tertiary/aromatic N) is 4.